The van der Waals surface area contributed by atoms with Gasteiger partial charge in [0.1, 0.15) is 11.5 Å². The Balaban J connectivity index is 1.59. The van der Waals surface area contributed by atoms with E-state index in [2.05, 4.69) is 21.3 Å². The van der Waals surface area contributed by atoms with Crippen LogP contribution in [0.2, 0.25) is 0 Å². The summed E-state index contributed by atoms with van der Waals surface area (Å²) in [6, 6.07) is 13.9. The third kappa shape index (κ3) is 3.84. The summed E-state index contributed by atoms with van der Waals surface area (Å²) in [5.74, 6) is 1.45. The first-order valence-electron chi connectivity index (χ1n) is 11.3. The molecule has 1 fully saturated rings. The van der Waals surface area contributed by atoms with Crippen molar-refractivity contribution in [1.82, 2.24) is 15.1 Å². The highest BCUT2D eigenvalue weighted by atomic mass is 16.5. The Bertz CT molecular complexity index is 1110. The van der Waals surface area contributed by atoms with Gasteiger partial charge in [0, 0.05) is 28.9 Å². The number of anilines is 1. The molecule has 3 aromatic rings. The smallest absolute Gasteiger partial charge is 0.412 e. The minimum atomic E-state index is -0.935. The average Bonchev–Trinajstić information content (AvgIpc) is 3.30. The van der Waals surface area contributed by atoms with Crippen molar-refractivity contribution in [2.75, 3.05) is 18.0 Å². The molecule has 0 radical (unpaired) electrons. The molecule has 7 heteroatoms. The molecule has 2 N–H and O–H groups in total. The molecule has 1 amide bonds. The Labute approximate surface area is 187 Å². The maximum Gasteiger partial charge on any atom is 0.412 e. The highest BCUT2D eigenvalue weighted by Gasteiger charge is 2.32. The van der Waals surface area contributed by atoms with E-state index in [1.54, 1.807) is 0 Å². The molecule has 2 aliphatic heterocycles. The predicted molar refractivity (Wildman–Crippen MR) is 124 cm³/mol. The third-order valence-electron chi connectivity index (χ3n) is 6.51. The van der Waals surface area contributed by atoms with E-state index < -0.39 is 6.09 Å². The van der Waals surface area contributed by atoms with Crippen LogP contribution in [0.3, 0.4) is 0 Å². The molecule has 0 bridgehead atoms. The number of carboxylic acid groups (broad SMARTS) is 1. The molecule has 0 unspecified atom stereocenters. The van der Waals surface area contributed by atoms with Crippen molar-refractivity contribution in [3.63, 3.8) is 0 Å². The van der Waals surface area contributed by atoms with Crippen molar-refractivity contribution in [3.8, 4) is 22.6 Å². The average molecular weight is 433 g/mol. The summed E-state index contributed by atoms with van der Waals surface area (Å²) in [7, 11) is 0. The summed E-state index contributed by atoms with van der Waals surface area (Å²) >= 11 is 0. The standard InChI is InChI=1S/C25H28N4O3/c1-17-7-8-22-23(29(17)25(30)31)10-9-21(24(22)32-20-5-3-2-4-6-20)18-15-27-28(16-18)19-11-13-26-14-12-19/h2-6,9-10,15-17,19,26H,7-8,11-14H2,1H3,(H,30,31)/t17-/m0/s1. The van der Waals surface area contributed by atoms with Crippen molar-refractivity contribution in [2.45, 2.75) is 44.7 Å². The normalized spacial score (nSPS) is 18.9. The molecule has 7 nitrogen and oxygen atoms in total. The largest absolute Gasteiger partial charge is 0.465 e. The quantitative estimate of drug-likeness (QED) is 0.601. The van der Waals surface area contributed by atoms with Crippen LogP contribution in [-0.2, 0) is 6.42 Å². The number of nitrogens with zero attached hydrogens (tertiary/aromatic N) is 3. The third-order valence-corrected chi connectivity index (χ3v) is 6.51. The fraction of sp³-hybridized carbons (Fsp3) is 0.360. The number of aromatic nitrogens is 2. The predicted octanol–water partition coefficient (Wildman–Crippen LogP) is 5.09. The van der Waals surface area contributed by atoms with Crippen LogP contribution < -0.4 is 15.0 Å². The second-order valence-corrected chi connectivity index (χ2v) is 8.59. The number of hydrogen-bond acceptors (Lipinski definition) is 4. The van der Waals surface area contributed by atoms with Gasteiger partial charge < -0.3 is 15.2 Å². The highest BCUT2D eigenvalue weighted by molar-refractivity contribution is 5.91. The molecule has 1 saturated heterocycles. The van der Waals surface area contributed by atoms with Crippen LogP contribution in [0.25, 0.3) is 11.1 Å². The van der Waals surface area contributed by atoms with Gasteiger partial charge in [0.15, 0.2) is 0 Å². The second kappa shape index (κ2) is 8.67. The van der Waals surface area contributed by atoms with E-state index in [0.717, 1.165) is 67.0 Å². The van der Waals surface area contributed by atoms with Crippen LogP contribution in [0.15, 0.2) is 54.9 Å². The van der Waals surface area contributed by atoms with Crippen LogP contribution in [0.5, 0.6) is 11.5 Å². The lowest BCUT2D eigenvalue weighted by Crippen LogP contribution is -2.41. The maximum atomic E-state index is 12.0. The number of para-hydroxylation sites is 1. The second-order valence-electron chi connectivity index (χ2n) is 8.59. The summed E-state index contributed by atoms with van der Waals surface area (Å²) in [5, 5.41) is 17.9. The molecule has 166 valence electrons. The van der Waals surface area contributed by atoms with Crippen molar-refractivity contribution in [3.05, 3.63) is 60.4 Å². The van der Waals surface area contributed by atoms with Gasteiger partial charge in [0.05, 0.1) is 17.9 Å². The van der Waals surface area contributed by atoms with Crippen molar-refractivity contribution >= 4 is 11.8 Å². The molecule has 1 atom stereocenters. The molecule has 0 saturated carbocycles. The first kappa shape index (κ1) is 20.6. The summed E-state index contributed by atoms with van der Waals surface area (Å²) < 4.78 is 8.48. The molecular weight excluding hydrogens is 404 g/mol. The van der Waals surface area contributed by atoms with E-state index in [-0.39, 0.29) is 6.04 Å². The molecule has 2 aliphatic rings. The minimum absolute atomic E-state index is 0.0712. The lowest BCUT2D eigenvalue weighted by molar-refractivity contribution is 0.198. The van der Waals surface area contributed by atoms with Gasteiger partial charge in [-0.25, -0.2) is 4.79 Å². The number of rotatable bonds is 4. The fourth-order valence-electron chi connectivity index (χ4n) is 4.79. The molecule has 2 aromatic carbocycles. The number of piperidine rings is 1. The lowest BCUT2D eigenvalue weighted by Gasteiger charge is -2.34. The Kier molecular flexibility index (Phi) is 5.57. The van der Waals surface area contributed by atoms with Crippen molar-refractivity contribution in [2.24, 2.45) is 0 Å². The number of ether oxygens (including phenoxy) is 1. The monoisotopic (exact) mass is 432 g/mol. The molecule has 3 heterocycles. The van der Waals surface area contributed by atoms with Crippen LogP contribution >= 0.6 is 0 Å². The fourth-order valence-corrected chi connectivity index (χ4v) is 4.79. The lowest BCUT2D eigenvalue weighted by atomic mass is 9.92. The van der Waals surface area contributed by atoms with Gasteiger partial charge in [0.2, 0.25) is 0 Å². The molecule has 5 rings (SSSR count). The van der Waals surface area contributed by atoms with Crippen LogP contribution in [-0.4, -0.2) is 40.1 Å². The summed E-state index contributed by atoms with van der Waals surface area (Å²) in [4.78, 5) is 13.5. The zero-order valence-electron chi connectivity index (χ0n) is 18.2. The van der Waals surface area contributed by atoms with Crippen LogP contribution in [0.1, 0.15) is 37.8 Å². The topological polar surface area (TPSA) is 79.6 Å². The Hall–Kier alpha value is -3.32. The van der Waals surface area contributed by atoms with Gasteiger partial charge >= 0.3 is 6.09 Å². The number of amides is 1. The molecule has 32 heavy (non-hydrogen) atoms. The van der Waals surface area contributed by atoms with E-state index in [1.807, 2.05) is 55.6 Å². The number of benzene rings is 2. The Morgan fingerprint density at radius 3 is 2.66 bits per heavy atom. The van der Waals surface area contributed by atoms with E-state index in [1.165, 1.54) is 4.90 Å². The number of nitrogens with one attached hydrogen (secondary N) is 1. The molecule has 0 aliphatic carbocycles. The SMILES string of the molecule is C[C@H]1CCc2c(ccc(-c3cnn(C4CCNCC4)c3)c2Oc2ccccc2)N1C(=O)O. The first-order chi connectivity index (χ1) is 15.6. The molecule has 1 aromatic heterocycles. The van der Waals surface area contributed by atoms with E-state index in [4.69, 9.17) is 4.74 Å². The molecule has 0 spiro atoms. The molecular formula is C25H28N4O3. The Morgan fingerprint density at radius 2 is 1.91 bits per heavy atom. The summed E-state index contributed by atoms with van der Waals surface area (Å²) in [6.07, 6.45) is 6.68. The first-order valence-corrected chi connectivity index (χ1v) is 11.3. The van der Waals surface area contributed by atoms with Crippen LogP contribution in [0, 0.1) is 0 Å². The van der Waals surface area contributed by atoms with Gasteiger partial charge in [-0.05, 0) is 70.0 Å². The van der Waals surface area contributed by atoms with Crippen molar-refractivity contribution in [1.29, 1.82) is 0 Å². The zero-order valence-corrected chi connectivity index (χ0v) is 18.2. The summed E-state index contributed by atoms with van der Waals surface area (Å²) in [6.45, 7) is 3.96. The van der Waals surface area contributed by atoms with Gasteiger partial charge in [-0.15, -0.1) is 0 Å². The van der Waals surface area contributed by atoms with Gasteiger partial charge in [-0.3, -0.25) is 9.58 Å². The van der Waals surface area contributed by atoms with Gasteiger partial charge in [-0.2, -0.15) is 5.10 Å². The van der Waals surface area contributed by atoms with E-state index in [9.17, 15) is 9.90 Å². The van der Waals surface area contributed by atoms with Crippen molar-refractivity contribution < 1.29 is 14.6 Å². The summed E-state index contributed by atoms with van der Waals surface area (Å²) in [5.41, 5.74) is 3.56. The number of carbonyl (C=O) groups is 1. The Morgan fingerprint density at radius 1 is 1.12 bits per heavy atom. The van der Waals surface area contributed by atoms with Crippen LogP contribution in [0.4, 0.5) is 10.5 Å². The van der Waals surface area contributed by atoms with Gasteiger partial charge in [-0.1, -0.05) is 18.2 Å². The minimum Gasteiger partial charge on any atom is -0.465 e. The van der Waals surface area contributed by atoms with E-state index >= 15 is 0 Å². The van der Waals surface area contributed by atoms with Gasteiger partial charge in [0.25, 0.3) is 0 Å². The number of hydrogen-bond donors (Lipinski definition) is 2. The van der Waals surface area contributed by atoms with E-state index in [0.29, 0.717) is 11.7 Å². The number of fused-ring (bicyclic) bond motifs is 1. The highest BCUT2D eigenvalue weighted by Crippen LogP contribution is 2.44. The maximum absolute atomic E-state index is 12.0. The zero-order chi connectivity index (χ0) is 22.1.